The molecular formula is C17H24N2O2. The van der Waals surface area contributed by atoms with Crippen molar-refractivity contribution < 1.29 is 9.53 Å². The Kier molecular flexibility index (Phi) is 6.74. The first kappa shape index (κ1) is 17.0. The number of ether oxygens (including phenoxy) is 1. The molecule has 0 saturated carbocycles. The molecule has 1 unspecified atom stereocenters. The molecule has 0 radical (unpaired) electrons. The number of rotatable bonds is 7. The van der Waals surface area contributed by atoms with Crippen molar-refractivity contribution in [1.82, 2.24) is 5.32 Å². The minimum absolute atomic E-state index is 0.103. The molecule has 1 aromatic carbocycles. The second-order valence-corrected chi connectivity index (χ2v) is 5.31. The summed E-state index contributed by atoms with van der Waals surface area (Å²) in [5.41, 5.74) is 2.35. The number of aryl methyl sites for hydroxylation is 2. The third kappa shape index (κ3) is 5.11. The lowest BCUT2D eigenvalue weighted by Crippen LogP contribution is -2.37. The van der Waals surface area contributed by atoms with Crippen molar-refractivity contribution >= 4 is 5.91 Å². The third-order valence-corrected chi connectivity index (χ3v) is 3.33. The average molecular weight is 288 g/mol. The SMILES string of the molecule is CCCCCNC(=O)C(C)Oc1c(C)cc(C#N)cc1C. The molecule has 1 N–H and O–H groups in total. The van der Waals surface area contributed by atoms with Gasteiger partial charge in [-0.1, -0.05) is 19.8 Å². The van der Waals surface area contributed by atoms with Gasteiger partial charge in [0.25, 0.3) is 5.91 Å². The number of carbonyl (C=O) groups excluding carboxylic acids is 1. The Morgan fingerprint density at radius 2 is 1.95 bits per heavy atom. The van der Waals surface area contributed by atoms with Gasteiger partial charge in [-0.3, -0.25) is 4.79 Å². The normalized spacial score (nSPS) is 11.6. The molecule has 0 aliphatic rings. The molecular weight excluding hydrogens is 264 g/mol. The summed E-state index contributed by atoms with van der Waals surface area (Å²) in [5, 5.41) is 11.8. The summed E-state index contributed by atoms with van der Waals surface area (Å²) < 4.78 is 5.77. The second kappa shape index (κ2) is 8.31. The van der Waals surface area contributed by atoms with Crippen LogP contribution in [-0.4, -0.2) is 18.6 Å². The van der Waals surface area contributed by atoms with Crippen molar-refractivity contribution in [3.8, 4) is 11.8 Å². The van der Waals surface area contributed by atoms with E-state index < -0.39 is 6.10 Å². The number of nitriles is 1. The molecule has 0 aromatic heterocycles. The first-order chi connectivity index (χ1) is 9.99. The Morgan fingerprint density at radius 1 is 1.33 bits per heavy atom. The minimum Gasteiger partial charge on any atom is -0.480 e. The topological polar surface area (TPSA) is 62.1 Å². The van der Waals surface area contributed by atoms with E-state index in [1.807, 2.05) is 13.8 Å². The highest BCUT2D eigenvalue weighted by atomic mass is 16.5. The van der Waals surface area contributed by atoms with Crippen LogP contribution in [0.25, 0.3) is 0 Å². The molecule has 1 amide bonds. The van der Waals surface area contributed by atoms with E-state index in [-0.39, 0.29) is 5.91 Å². The van der Waals surface area contributed by atoms with Crippen LogP contribution in [0.4, 0.5) is 0 Å². The first-order valence-corrected chi connectivity index (χ1v) is 7.45. The molecule has 114 valence electrons. The van der Waals surface area contributed by atoms with Crippen LogP contribution in [0.2, 0.25) is 0 Å². The highest BCUT2D eigenvalue weighted by Crippen LogP contribution is 2.25. The van der Waals surface area contributed by atoms with Gasteiger partial charge < -0.3 is 10.1 Å². The summed E-state index contributed by atoms with van der Waals surface area (Å²) in [6.07, 6.45) is 2.69. The Balaban J connectivity index is 2.64. The number of hydrogen-bond acceptors (Lipinski definition) is 3. The maximum absolute atomic E-state index is 12.0. The number of benzene rings is 1. The Hall–Kier alpha value is -2.02. The van der Waals surface area contributed by atoms with E-state index in [1.54, 1.807) is 19.1 Å². The summed E-state index contributed by atoms with van der Waals surface area (Å²) in [5.74, 6) is 0.583. The van der Waals surface area contributed by atoms with E-state index in [4.69, 9.17) is 10.00 Å². The Morgan fingerprint density at radius 3 is 2.48 bits per heavy atom. The van der Waals surface area contributed by atoms with E-state index in [0.717, 1.165) is 30.4 Å². The molecule has 0 saturated heterocycles. The van der Waals surface area contributed by atoms with E-state index in [2.05, 4.69) is 18.3 Å². The summed E-state index contributed by atoms with van der Waals surface area (Å²) in [6, 6.07) is 5.66. The van der Waals surface area contributed by atoms with E-state index in [9.17, 15) is 4.79 Å². The molecule has 0 aliphatic heterocycles. The molecule has 4 heteroatoms. The molecule has 0 aliphatic carbocycles. The minimum atomic E-state index is -0.544. The lowest BCUT2D eigenvalue weighted by atomic mass is 10.1. The van der Waals surface area contributed by atoms with Gasteiger partial charge in [0.1, 0.15) is 5.75 Å². The zero-order chi connectivity index (χ0) is 15.8. The highest BCUT2D eigenvalue weighted by Gasteiger charge is 2.16. The van der Waals surface area contributed by atoms with Crippen LogP contribution in [0.1, 0.15) is 49.8 Å². The summed E-state index contributed by atoms with van der Waals surface area (Å²) in [4.78, 5) is 12.0. The van der Waals surface area contributed by atoms with Crippen LogP contribution in [0.15, 0.2) is 12.1 Å². The van der Waals surface area contributed by atoms with Crippen LogP contribution in [0.5, 0.6) is 5.75 Å². The second-order valence-electron chi connectivity index (χ2n) is 5.31. The van der Waals surface area contributed by atoms with Crippen LogP contribution >= 0.6 is 0 Å². The smallest absolute Gasteiger partial charge is 0.260 e. The van der Waals surface area contributed by atoms with Crippen molar-refractivity contribution in [2.75, 3.05) is 6.54 Å². The van der Waals surface area contributed by atoms with Crippen molar-refractivity contribution in [3.63, 3.8) is 0 Å². The summed E-state index contributed by atoms with van der Waals surface area (Å²) in [7, 11) is 0. The van der Waals surface area contributed by atoms with Crippen LogP contribution in [0, 0.1) is 25.2 Å². The van der Waals surface area contributed by atoms with E-state index in [1.165, 1.54) is 0 Å². The molecule has 1 rings (SSSR count). The van der Waals surface area contributed by atoms with Gasteiger partial charge in [-0.2, -0.15) is 5.26 Å². The number of unbranched alkanes of at least 4 members (excludes halogenated alkanes) is 2. The van der Waals surface area contributed by atoms with Gasteiger partial charge in [0.15, 0.2) is 6.10 Å². The van der Waals surface area contributed by atoms with Gasteiger partial charge >= 0.3 is 0 Å². The van der Waals surface area contributed by atoms with Gasteiger partial charge in [-0.05, 0) is 50.5 Å². The molecule has 0 bridgehead atoms. The number of amides is 1. The molecule has 4 nitrogen and oxygen atoms in total. The number of hydrogen-bond donors (Lipinski definition) is 1. The molecule has 1 atom stereocenters. The van der Waals surface area contributed by atoms with Crippen molar-refractivity contribution in [3.05, 3.63) is 28.8 Å². The molecule has 21 heavy (non-hydrogen) atoms. The zero-order valence-corrected chi connectivity index (χ0v) is 13.3. The number of carbonyl (C=O) groups is 1. The average Bonchev–Trinajstić information content (AvgIpc) is 2.46. The Labute approximate surface area is 127 Å². The standard InChI is InChI=1S/C17H24N2O2/c1-5-6-7-8-19-17(20)14(4)21-16-12(2)9-15(11-18)10-13(16)3/h9-10,14H,5-8H2,1-4H3,(H,19,20). The maximum Gasteiger partial charge on any atom is 0.260 e. The van der Waals surface area contributed by atoms with Crippen LogP contribution in [0.3, 0.4) is 0 Å². The largest absolute Gasteiger partial charge is 0.480 e. The fraction of sp³-hybridized carbons (Fsp3) is 0.529. The van der Waals surface area contributed by atoms with Crippen molar-refractivity contribution in [2.24, 2.45) is 0 Å². The predicted molar refractivity (Wildman–Crippen MR) is 83.3 cm³/mol. The van der Waals surface area contributed by atoms with Crippen LogP contribution in [-0.2, 0) is 4.79 Å². The zero-order valence-electron chi connectivity index (χ0n) is 13.3. The molecule has 0 spiro atoms. The van der Waals surface area contributed by atoms with E-state index >= 15 is 0 Å². The molecule has 0 fully saturated rings. The molecule has 0 heterocycles. The fourth-order valence-electron chi connectivity index (χ4n) is 2.16. The highest BCUT2D eigenvalue weighted by molar-refractivity contribution is 5.80. The van der Waals surface area contributed by atoms with Crippen molar-refractivity contribution in [2.45, 2.75) is 53.1 Å². The van der Waals surface area contributed by atoms with Gasteiger partial charge in [0.2, 0.25) is 0 Å². The maximum atomic E-state index is 12.0. The lowest BCUT2D eigenvalue weighted by Gasteiger charge is -2.18. The van der Waals surface area contributed by atoms with Crippen molar-refractivity contribution in [1.29, 1.82) is 5.26 Å². The number of nitrogens with zero attached hydrogens (tertiary/aromatic N) is 1. The predicted octanol–water partition coefficient (Wildman–Crippen LogP) is 3.25. The summed E-state index contributed by atoms with van der Waals surface area (Å²) in [6.45, 7) is 8.33. The molecule has 1 aromatic rings. The van der Waals surface area contributed by atoms with Gasteiger partial charge in [0.05, 0.1) is 11.6 Å². The van der Waals surface area contributed by atoms with Crippen LogP contribution < -0.4 is 10.1 Å². The first-order valence-electron chi connectivity index (χ1n) is 7.45. The fourth-order valence-corrected chi connectivity index (χ4v) is 2.16. The van der Waals surface area contributed by atoms with Gasteiger partial charge in [-0.25, -0.2) is 0 Å². The third-order valence-electron chi connectivity index (χ3n) is 3.33. The van der Waals surface area contributed by atoms with Gasteiger partial charge in [-0.15, -0.1) is 0 Å². The monoisotopic (exact) mass is 288 g/mol. The van der Waals surface area contributed by atoms with Gasteiger partial charge in [0, 0.05) is 6.54 Å². The Bertz CT molecular complexity index is 509. The number of nitrogens with one attached hydrogen (secondary N) is 1. The summed E-state index contributed by atoms with van der Waals surface area (Å²) >= 11 is 0. The lowest BCUT2D eigenvalue weighted by molar-refractivity contribution is -0.127. The van der Waals surface area contributed by atoms with E-state index in [0.29, 0.717) is 17.9 Å². The quantitative estimate of drug-likeness (QED) is 0.783.